The van der Waals surface area contributed by atoms with Crippen LogP contribution in [0.3, 0.4) is 0 Å². The standard InChI is InChI=1S/C60H39N3/c1-4-17-40(18-5-1)41-31-33-44(34-32-41)58-61-57(43-19-6-2-7-20-43)62-59(63-58)46-22-16-21-45(39-46)42-35-37-48(38-36-42)60(47-23-8-3-9-24-47)54-30-15-14-29-53(54)55-51-27-12-10-25-49(51)50-26-11-13-28-52(50)56(55)60/h1-39H. The van der Waals surface area contributed by atoms with Crippen molar-refractivity contribution in [2.45, 2.75) is 5.41 Å². The van der Waals surface area contributed by atoms with E-state index in [2.05, 4.69) is 200 Å². The van der Waals surface area contributed by atoms with Gasteiger partial charge in [-0.15, -0.1) is 0 Å². The first-order chi connectivity index (χ1) is 31.2. The third kappa shape index (κ3) is 6.01. The van der Waals surface area contributed by atoms with Gasteiger partial charge in [0, 0.05) is 16.7 Å². The van der Waals surface area contributed by atoms with Gasteiger partial charge in [0.1, 0.15) is 0 Å². The molecule has 1 aliphatic rings. The summed E-state index contributed by atoms with van der Waals surface area (Å²) in [6, 6.07) is 84.9. The van der Waals surface area contributed by atoms with E-state index < -0.39 is 5.41 Å². The maximum atomic E-state index is 5.11. The Balaban J connectivity index is 0.991. The van der Waals surface area contributed by atoms with Crippen LogP contribution >= 0.6 is 0 Å². The lowest BCUT2D eigenvalue weighted by Crippen LogP contribution is -2.28. The van der Waals surface area contributed by atoms with Crippen LogP contribution in [0.25, 0.3) is 89.1 Å². The molecule has 10 aromatic carbocycles. The van der Waals surface area contributed by atoms with Crippen molar-refractivity contribution >= 4 is 21.5 Å². The highest BCUT2D eigenvalue weighted by molar-refractivity contribution is 6.19. The zero-order valence-corrected chi connectivity index (χ0v) is 34.4. The van der Waals surface area contributed by atoms with Crippen LogP contribution in [-0.2, 0) is 5.41 Å². The van der Waals surface area contributed by atoms with Crippen molar-refractivity contribution in [3.05, 3.63) is 259 Å². The molecular weight excluding hydrogens is 763 g/mol. The lowest BCUT2D eigenvalue weighted by Gasteiger charge is -2.35. The minimum Gasteiger partial charge on any atom is -0.208 e. The Morgan fingerprint density at radius 3 is 1.37 bits per heavy atom. The Hall–Kier alpha value is -8.27. The SMILES string of the molecule is c1ccc(-c2ccc(-c3nc(-c4ccccc4)nc(-c4cccc(-c5ccc(C6(c7ccccc7)c7ccccc7-c7c6c6ccccc6c6ccccc76)cc5)c4)n3)cc2)cc1. The van der Waals surface area contributed by atoms with Crippen molar-refractivity contribution < 1.29 is 0 Å². The van der Waals surface area contributed by atoms with Crippen LogP contribution in [0.4, 0.5) is 0 Å². The molecule has 0 fully saturated rings. The minimum absolute atomic E-state index is 0.550. The van der Waals surface area contributed by atoms with Gasteiger partial charge in [-0.2, -0.15) is 0 Å². The fourth-order valence-electron chi connectivity index (χ4n) is 9.97. The van der Waals surface area contributed by atoms with Gasteiger partial charge in [-0.25, -0.2) is 15.0 Å². The predicted octanol–water partition coefficient (Wildman–Crippen LogP) is 14.9. The summed E-state index contributed by atoms with van der Waals surface area (Å²) in [4.78, 5) is 15.2. The number of rotatable bonds is 7. The van der Waals surface area contributed by atoms with Gasteiger partial charge in [0.15, 0.2) is 17.5 Å². The topological polar surface area (TPSA) is 38.7 Å². The highest BCUT2D eigenvalue weighted by Crippen LogP contribution is 2.60. The fourth-order valence-corrected chi connectivity index (χ4v) is 9.97. The normalized spacial score (nSPS) is 14.1. The second-order valence-corrected chi connectivity index (χ2v) is 16.3. The number of aromatic nitrogens is 3. The van der Waals surface area contributed by atoms with Crippen LogP contribution in [-0.4, -0.2) is 15.0 Å². The zero-order chi connectivity index (χ0) is 41.7. The van der Waals surface area contributed by atoms with Crippen LogP contribution in [0, 0.1) is 0 Å². The zero-order valence-electron chi connectivity index (χ0n) is 34.4. The molecule has 0 radical (unpaired) electrons. The molecule has 0 saturated heterocycles. The van der Waals surface area contributed by atoms with E-state index in [1.54, 1.807) is 0 Å². The minimum atomic E-state index is -0.550. The summed E-state index contributed by atoms with van der Waals surface area (Å²) in [5.41, 5.74) is 14.5. The van der Waals surface area contributed by atoms with Crippen LogP contribution in [0.2, 0.25) is 0 Å². The molecule has 1 atom stereocenters. The molecule has 0 amide bonds. The molecule has 294 valence electrons. The largest absolute Gasteiger partial charge is 0.208 e. The van der Waals surface area contributed by atoms with Crippen molar-refractivity contribution in [2.24, 2.45) is 0 Å². The van der Waals surface area contributed by atoms with Crippen LogP contribution in [0.5, 0.6) is 0 Å². The van der Waals surface area contributed by atoms with Crippen molar-refractivity contribution in [2.75, 3.05) is 0 Å². The summed E-state index contributed by atoms with van der Waals surface area (Å²) < 4.78 is 0. The molecule has 0 saturated carbocycles. The van der Waals surface area contributed by atoms with E-state index in [0.29, 0.717) is 17.5 Å². The van der Waals surface area contributed by atoms with Gasteiger partial charge in [0.25, 0.3) is 0 Å². The molecule has 3 heteroatoms. The van der Waals surface area contributed by atoms with Crippen molar-refractivity contribution in [3.8, 4) is 67.5 Å². The summed E-state index contributed by atoms with van der Waals surface area (Å²) in [6.45, 7) is 0. The molecule has 1 heterocycles. The Labute approximate surface area is 366 Å². The monoisotopic (exact) mass is 801 g/mol. The van der Waals surface area contributed by atoms with Crippen LogP contribution in [0.15, 0.2) is 237 Å². The molecule has 12 rings (SSSR count). The first-order valence-electron chi connectivity index (χ1n) is 21.5. The van der Waals surface area contributed by atoms with Gasteiger partial charge in [0.2, 0.25) is 0 Å². The average molecular weight is 802 g/mol. The Morgan fingerprint density at radius 2 is 0.683 bits per heavy atom. The first kappa shape index (κ1) is 36.6. The van der Waals surface area contributed by atoms with Gasteiger partial charge < -0.3 is 0 Å². The first-order valence-corrected chi connectivity index (χ1v) is 21.5. The van der Waals surface area contributed by atoms with Gasteiger partial charge in [0.05, 0.1) is 5.41 Å². The van der Waals surface area contributed by atoms with Gasteiger partial charge in [-0.1, -0.05) is 231 Å². The number of hydrogen-bond donors (Lipinski definition) is 0. The van der Waals surface area contributed by atoms with Gasteiger partial charge >= 0.3 is 0 Å². The van der Waals surface area contributed by atoms with Crippen molar-refractivity contribution in [3.63, 3.8) is 0 Å². The molecule has 0 aliphatic heterocycles. The lowest BCUT2D eigenvalue weighted by molar-refractivity contribution is 0.776. The van der Waals surface area contributed by atoms with E-state index in [1.807, 2.05) is 36.4 Å². The molecule has 0 bridgehead atoms. The summed E-state index contributed by atoms with van der Waals surface area (Å²) >= 11 is 0. The molecule has 63 heavy (non-hydrogen) atoms. The molecule has 1 aliphatic carbocycles. The van der Waals surface area contributed by atoms with E-state index in [1.165, 1.54) is 60.5 Å². The summed E-state index contributed by atoms with van der Waals surface area (Å²) in [6.07, 6.45) is 0. The highest BCUT2D eigenvalue weighted by Gasteiger charge is 2.47. The Morgan fingerprint density at radius 1 is 0.270 bits per heavy atom. The number of nitrogens with zero attached hydrogens (tertiary/aromatic N) is 3. The molecule has 3 nitrogen and oxygen atoms in total. The summed E-state index contributed by atoms with van der Waals surface area (Å²) in [7, 11) is 0. The van der Waals surface area contributed by atoms with Gasteiger partial charge in [-0.05, 0) is 83.2 Å². The Kier molecular flexibility index (Phi) is 8.72. The molecular formula is C60H39N3. The average Bonchev–Trinajstić information content (AvgIpc) is 3.69. The quantitative estimate of drug-likeness (QED) is 0.151. The summed E-state index contributed by atoms with van der Waals surface area (Å²) in [5, 5.41) is 5.12. The second-order valence-electron chi connectivity index (χ2n) is 16.3. The molecule has 0 N–H and O–H groups in total. The maximum Gasteiger partial charge on any atom is 0.164 e. The van der Waals surface area contributed by atoms with E-state index in [4.69, 9.17) is 15.0 Å². The van der Waals surface area contributed by atoms with Crippen molar-refractivity contribution in [1.82, 2.24) is 15.0 Å². The second kappa shape index (κ2) is 15.0. The number of hydrogen-bond acceptors (Lipinski definition) is 3. The van der Waals surface area contributed by atoms with Crippen molar-refractivity contribution in [1.29, 1.82) is 0 Å². The molecule has 0 spiro atoms. The molecule has 1 aromatic heterocycles. The number of benzene rings is 10. The van der Waals surface area contributed by atoms with E-state index in [-0.39, 0.29) is 0 Å². The van der Waals surface area contributed by atoms with Crippen LogP contribution < -0.4 is 0 Å². The molecule has 11 aromatic rings. The smallest absolute Gasteiger partial charge is 0.164 e. The fraction of sp³-hybridized carbons (Fsp3) is 0.0167. The number of fused-ring (bicyclic) bond motifs is 8. The maximum absolute atomic E-state index is 5.11. The Bertz CT molecular complexity index is 3470. The third-order valence-electron chi connectivity index (χ3n) is 12.8. The van der Waals surface area contributed by atoms with E-state index >= 15 is 0 Å². The van der Waals surface area contributed by atoms with E-state index in [0.717, 1.165) is 33.4 Å². The summed E-state index contributed by atoms with van der Waals surface area (Å²) in [5.74, 6) is 1.91. The molecule has 1 unspecified atom stereocenters. The highest BCUT2D eigenvalue weighted by atomic mass is 15.0. The van der Waals surface area contributed by atoms with Gasteiger partial charge in [-0.3, -0.25) is 0 Å². The lowest BCUT2D eigenvalue weighted by atomic mass is 9.66. The van der Waals surface area contributed by atoms with Crippen LogP contribution in [0.1, 0.15) is 22.3 Å². The predicted molar refractivity (Wildman–Crippen MR) is 259 cm³/mol. The van der Waals surface area contributed by atoms with E-state index in [9.17, 15) is 0 Å². The third-order valence-corrected chi connectivity index (χ3v) is 12.8.